The van der Waals surface area contributed by atoms with Crippen molar-refractivity contribution < 1.29 is 0 Å². The number of aryl methyl sites for hydroxylation is 1. The van der Waals surface area contributed by atoms with Crippen LogP contribution in [0.2, 0.25) is 0 Å². The lowest BCUT2D eigenvalue weighted by Crippen LogP contribution is -2.10. The smallest absolute Gasteiger partial charge is 0.0540 e. The highest BCUT2D eigenvalue weighted by atomic mass is 15.1. The van der Waals surface area contributed by atoms with Crippen LogP contribution in [0.1, 0.15) is 5.56 Å². The molecule has 0 bridgehead atoms. The van der Waals surface area contributed by atoms with Crippen LogP contribution in [-0.2, 0) is 0 Å². The number of anilines is 3. The van der Waals surface area contributed by atoms with Crippen molar-refractivity contribution >= 4 is 49.4 Å². The number of hydrogen-bond acceptors (Lipinski definition) is 1. The highest BCUT2D eigenvalue weighted by Crippen LogP contribution is 2.43. The summed E-state index contributed by atoms with van der Waals surface area (Å²) in [4.78, 5) is 2.36. The first-order chi connectivity index (χ1) is 14.8. The molecule has 1 heteroatoms. The van der Waals surface area contributed by atoms with Gasteiger partial charge in [-0.25, -0.2) is 0 Å². The molecule has 6 aromatic carbocycles. The van der Waals surface area contributed by atoms with Gasteiger partial charge in [-0.2, -0.15) is 0 Å². The molecular weight excluding hydrogens is 362 g/mol. The number of para-hydroxylation sites is 2. The molecule has 0 atom stereocenters. The predicted molar refractivity (Wildman–Crippen MR) is 130 cm³/mol. The molecule has 0 aliphatic heterocycles. The average molecular weight is 383 g/mol. The maximum atomic E-state index is 2.36. The summed E-state index contributed by atoms with van der Waals surface area (Å²) in [6.07, 6.45) is 0. The second-order valence-corrected chi connectivity index (χ2v) is 7.90. The molecule has 0 heterocycles. The summed E-state index contributed by atoms with van der Waals surface area (Å²) in [5.74, 6) is 0. The third kappa shape index (κ3) is 2.49. The fourth-order valence-corrected chi connectivity index (χ4v) is 4.71. The van der Waals surface area contributed by atoms with Crippen LogP contribution in [-0.4, -0.2) is 0 Å². The Morgan fingerprint density at radius 2 is 0.967 bits per heavy atom. The van der Waals surface area contributed by atoms with Gasteiger partial charge in [0.25, 0.3) is 0 Å². The minimum atomic E-state index is 1.16. The maximum absolute atomic E-state index is 2.36. The van der Waals surface area contributed by atoms with Gasteiger partial charge in [0.2, 0.25) is 0 Å². The SMILES string of the molecule is Cc1ccc2ccc3c(N(c4ccccc4)c4ccccc4)ccc4ccc1c2c43. The second kappa shape index (κ2) is 6.60. The van der Waals surface area contributed by atoms with Crippen LogP contribution in [0.4, 0.5) is 17.1 Å². The summed E-state index contributed by atoms with van der Waals surface area (Å²) in [6, 6.07) is 39.3. The molecule has 0 spiro atoms. The molecule has 0 amide bonds. The largest absolute Gasteiger partial charge is 0.310 e. The molecule has 142 valence electrons. The Morgan fingerprint density at radius 3 is 1.60 bits per heavy atom. The normalized spacial score (nSPS) is 11.5. The Hall–Kier alpha value is -3.84. The Labute approximate surface area is 176 Å². The minimum Gasteiger partial charge on any atom is -0.310 e. The number of hydrogen-bond donors (Lipinski definition) is 0. The quantitative estimate of drug-likeness (QED) is 0.277. The Bertz CT molecular complexity index is 1440. The summed E-state index contributed by atoms with van der Waals surface area (Å²) in [6.45, 7) is 2.20. The molecule has 6 rings (SSSR count). The maximum Gasteiger partial charge on any atom is 0.0540 e. The Balaban J connectivity index is 1.73. The zero-order chi connectivity index (χ0) is 20.1. The van der Waals surface area contributed by atoms with E-state index in [1.165, 1.54) is 43.6 Å². The third-order valence-corrected chi connectivity index (χ3v) is 6.13. The lowest BCUT2D eigenvalue weighted by atomic mass is 9.91. The van der Waals surface area contributed by atoms with Crippen molar-refractivity contribution in [2.24, 2.45) is 0 Å². The van der Waals surface area contributed by atoms with Crippen LogP contribution >= 0.6 is 0 Å². The van der Waals surface area contributed by atoms with Gasteiger partial charge < -0.3 is 4.90 Å². The van der Waals surface area contributed by atoms with Crippen molar-refractivity contribution in [3.63, 3.8) is 0 Å². The first-order valence-corrected chi connectivity index (χ1v) is 10.4. The van der Waals surface area contributed by atoms with Crippen LogP contribution in [0.5, 0.6) is 0 Å². The summed E-state index contributed by atoms with van der Waals surface area (Å²) in [7, 11) is 0. The molecule has 1 nitrogen and oxygen atoms in total. The van der Waals surface area contributed by atoms with Gasteiger partial charge in [0, 0.05) is 16.8 Å². The molecule has 0 aliphatic rings. The summed E-state index contributed by atoms with van der Waals surface area (Å²) >= 11 is 0. The Morgan fingerprint density at radius 1 is 0.467 bits per heavy atom. The van der Waals surface area contributed by atoms with E-state index in [4.69, 9.17) is 0 Å². The van der Waals surface area contributed by atoms with E-state index >= 15 is 0 Å². The zero-order valence-corrected chi connectivity index (χ0v) is 16.8. The van der Waals surface area contributed by atoms with Gasteiger partial charge in [-0.1, -0.05) is 78.9 Å². The van der Waals surface area contributed by atoms with Gasteiger partial charge >= 0.3 is 0 Å². The minimum absolute atomic E-state index is 1.16. The molecule has 0 N–H and O–H groups in total. The van der Waals surface area contributed by atoms with Crippen LogP contribution in [0.25, 0.3) is 32.3 Å². The predicted octanol–water partition coefficient (Wildman–Crippen LogP) is 8.36. The van der Waals surface area contributed by atoms with Crippen molar-refractivity contribution in [1.29, 1.82) is 0 Å². The highest BCUT2D eigenvalue weighted by Gasteiger charge is 2.18. The topological polar surface area (TPSA) is 3.24 Å². The first-order valence-electron chi connectivity index (χ1n) is 10.4. The van der Waals surface area contributed by atoms with E-state index in [0.29, 0.717) is 0 Å². The molecule has 0 saturated carbocycles. The van der Waals surface area contributed by atoms with Crippen molar-refractivity contribution in [3.8, 4) is 0 Å². The molecule has 0 fully saturated rings. The summed E-state index contributed by atoms with van der Waals surface area (Å²) < 4.78 is 0. The van der Waals surface area contributed by atoms with Gasteiger partial charge in [0.15, 0.2) is 0 Å². The molecule has 0 aromatic heterocycles. The molecule has 0 saturated heterocycles. The third-order valence-electron chi connectivity index (χ3n) is 6.13. The van der Waals surface area contributed by atoms with Crippen molar-refractivity contribution in [3.05, 3.63) is 115 Å². The first kappa shape index (κ1) is 17.1. The van der Waals surface area contributed by atoms with E-state index in [1.807, 2.05) is 0 Å². The van der Waals surface area contributed by atoms with Crippen LogP contribution < -0.4 is 4.90 Å². The summed E-state index contributed by atoms with van der Waals surface area (Å²) in [5.41, 5.74) is 4.85. The van der Waals surface area contributed by atoms with Crippen molar-refractivity contribution in [1.82, 2.24) is 0 Å². The zero-order valence-electron chi connectivity index (χ0n) is 16.8. The van der Waals surface area contributed by atoms with E-state index in [2.05, 4.69) is 121 Å². The van der Waals surface area contributed by atoms with Crippen molar-refractivity contribution in [2.75, 3.05) is 4.90 Å². The van der Waals surface area contributed by atoms with Crippen LogP contribution in [0.15, 0.2) is 109 Å². The van der Waals surface area contributed by atoms with Crippen LogP contribution in [0.3, 0.4) is 0 Å². The number of nitrogens with zero attached hydrogens (tertiary/aromatic N) is 1. The standard InChI is InChI=1S/C29H21N/c1-20-12-13-21-15-18-26-27(19-16-22-14-17-25(20)28(21)29(22)26)30(23-8-4-2-5-9-23)24-10-6-3-7-11-24/h2-19H,1H3. The monoisotopic (exact) mass is 383 g/mol. The van der Waals surface area contributed by atoms with Gasteiger partial charge in [0.05, 0.1) is 5.69 Å². The van der Waals surface area contributed by atoms with Crippen molar-refractivity contribution in [2.45, 2.75) is 6.92 Å². The molecule has 6 aromatic rings. The highest BCUT2D eigenvalue weighted by molar-refractivity contribution is 6.26. The van der Waals surface area contributed by atoms with E-state index in [-0.39, 0.29) is 0 Å². The second-order valence-electron chi connectivity index (χ2n) is 7.90. The molecule has 0 radical (unpaired) electrons. The Kier molecular flexibility index (Phi) is 3.75. The molecular formula is C29H21N. The average Bonchev–Trinajstić information content (AvgIpc) is 2.81. The van der Waals surface area contributed by atoms with E-state index in [0.717, 1.165) is 11.4 Å². The van der Waals surface area contributed by atoms with Gasteiger partial charge in [-0.15, -0.1) is 0 Å². The van der Waals surface area contributed by atoms with E-state index < -0.39 is 0 Å². The summed E-state index contributed by atoms with van der Waals surface area (Å²) in [5, 5.41) is 7.93. The molecule has 0 unspecified atom stereocenters. The lowest BCUT2D eigenvalue weighted by Gasteiger charge is -2.27. The fraction of sp³-hybridized carbons (Fsp3) is 0.0345. The van der Waals surface area contributed by atoms with Gasteiger partial charge in [-0.3, -0.25) is 0 Å². The van der Waals surface area contributed by atoms with Gasteiger partial charge in [0.1, 0.15) is 0 Å². The van der Waals surface area contributed by atoms with Crippen LogP contribution in [0, 0.1) is 6.92 Å². The number of rotatable bonds is 3. The molecule has 30 heavy (non-hydrogen) atoms. The lowest BCUT2D eigenvalue weighted by molar-refractivity contribution is 1.30. The van der Waals surface area contributed by atoms with E-state index in [1.54, 1.807) is 0 Å². The molecule has 0 aliphatic carbocycles. The van der Waals surface area contributed by atoms with E-state index in [9.17, 15) is 0 Å². The van der Waals surface area contributed by atoms with Gasteiger partial charge in [-0.05, 0) is 69.8 Å². The number of benzene rings is 6. The fourth-order valence-electron chi connectivity index (χ4n) is 4.71.